The van der Waals surface area contributed by atoms with E-state index in [2.05, 4.69) is 9.97 Å². The molecule has 8 heteroatoms. The van der Waals surface area contributed by atoms with Crippen LogP contribution < -0.4 is 4.74 Å². The molecule has 134 valence electrons. The number of hydrogen-bond acceptors (Lipinski definition) is 6. The highest BCUT2D eigenvalue weighted by Gasteiger charge is 2.33. The first-order chi connectivity index (χ1) is 11.9. The molecule has 1 aromatic carbocycles. The molecule has 5 nitrogen and oxygen atoms in total. The maximum Gasteiger partial charge on any atom is 0.218 e. The van der Waals surface area contributed by atoms with Crippen LogP contribution in [-0.2, 0) is 15.2 Å². The van der Waals surface area contributed by atoms with Crippen LogP contribution >= 0.6 is 23.4 Å². The minimum Gasteiger partial charge on any atom is -0.475 e. The van der Waals surface area contributed by atoms with E-state index in [9.17, 15) is 4.39 Å². The number of thioether (sulfide) groups is 1. The molecular weight excluding hydrogens is 367 g/mol. The molecule has 2 heterocycles. The molecule has 1 saturated heterocycles. The zero-order valence-electron chi connectivity index (χ0n) is 13.9. The highest BCUT2D eigenvalue weighted by molar-refractivity contribution is 7.98. The quantitative estimate of drug-likeness (QED) is 0.424. The first-order valence-corrected chi connectivity index (χ1v) is 9.12. The molecule has 1 aromatic heterocycles. The standard InChI is InChI=1S/C17H18ClFN2O3S/c1-17(2)23-9-13(24-17)8-22-15-7-14(18)20-16(21-15)25-10-11-3-5-12(19)6-4-11/h3-7,13H,8-10H2,1-2H3. The molecule has 1 atom stereocenters. The van der Waals surface area contributed by atoms with Crippen molar-refractivity contribution in [3.8, 4) is 5.88 Å². The van der Waals surface area contributed by atoms with E-state index in [1.54, 1.807) is 18.2 Å². The topological polar surface area (TPSA) is 53.5 Å². The van der Waals surface area contributed by atoms with Gasteiger partial charge in [0.15, 0.2) is 10.9 Å². The van der Waals surface area contributed by atoms with Gasteiger partial charge >= 0.3 is 0 Å². The molecule has 1 fully saturated rings. The highest BCUT2D eigenvalue weighted by atomic mass is 35.5. The highest BCUT2D eigenvalue weighted by Crippen LogP contribution is 2.26. The van der Waals surface area contributed by atoms with E-state index >= 15 is 0 Å². The summed E-state index contributed by atoms with van der Waals surface area (Å²) in [6.07, 6.45) is -0.154. The van der Waals surface area contributed by atoms with Crippen LogP contribution in [0, 0.1) is 5.82 Å². The molecule has 2 aromatic rings. The van der Waals surface area contributed by atoms with Gasteiger partial charge in [0.05, 0.1) is 6.61 Å². The second-order valence-electron chi connectivity index (χ2n) is 5.99. The predicted octanol–water partition coefficient (Wildman–Crippen LogP) is 4.09. The van der Waals surface area contributed by atoms with Gasteiger partial charge in [-0.3, -0.25) is 0 Å². The van der Waals surface area contributed by atoms with Gasteiger partial charge in [-0.25, -0.2) is 9.37 Å². The summed E-state index contributed by atoms with van der Waals surface area (Å²) in [5.74, 6) is 0.140. The van der Waals surface area contributed by atoms with Crippen LogP contribution in [0.3, 0.4) is 0 Å². The third kappa shape index (κ3) is 5.54. The Kier molecular flexibility index (Phi) is 5.78. The number of ether oxygens (including phenoxy) is 3. The lowest BCUT2D eigenvalue weighted by atomic mass is 10.2. The zero-order valence-corrected chi connectivity index (χ0v) is 15.4. The van der Waals surface area contributed by atoms with Crippen LogP contribution in [0.4, 0.5) is 4.39 Å². The van der Waals surface area contributed by atoms with Gasteiger partial charge in [-0.15, -0.1) is 0 Å². The lowest BCUT2D eigenvalue weighted by Crippen LogP contribution is -2.25. The summed E-state index contributed by atoms with van der Waals surface area (Å²) in [5.41, 5.74) is 0.969. The van der Waals surface area contributed by atoms with Crippen molar-refractivity contribution >= 4 is 23.4 Å². The van der Waals surface area contributed by atoms with Crippen molar-refractivity contribution in [1.82, 2.24) is 9.97 Å². The normalized spacial score (nSPS) is 19.1. The van der Waals surface area contributed by atoms with Crippen LogP contribution in [0.5, 0.6) is 5.88 Å². The number of halogens is 2. The summed E-state index contributed by atoms with van der Waals surface area (Å²) in [7, 11) is 0. The van der Waals surface area contributed by atoms with E-state index in [4.69, 9.17) is 25.8 Å². The molecule has 0 aliphatic carbocycles. The third-order valence-electron chi connectivity index (χ3n) is 3.42. The maximum atomic E-state index is 12.9. The molecule has 0 saturated carbocycles. The molecular formula is C17H18ClFN2O3S. The number of benzene rings is 1. The van der Waals surface area contributed by atoms with Gasteiger partial charge in [0.2, 0.25) is 5.88 Å². The molecule has 25 heavy (non-hydrogen) atoms. The molecule has 1 unspecified atom stereocenters. The number of nitrogens with zero attached hydrogens (tertiary/aromatic N) is 2. The van der Waals surface area contributed by atoms with Crippen molar-refractivity contribution in [3.63, 3.8) is 0 Å². The number of rotatable bonds is 6. The Bertz CT molecular complexity index is 730. The van der Waals surface area contributed by atoms with Crippen LogP contribution in [-0.4, -0.2) is 35.1 Å². The van der Waals surface area contributed by atoms with Gasteiger partial charge in [0, 0.05) is 11.8 Å². The minimum absolute atomic E-state index is 0.154. The Labute approximate surface area is 154 Å². The third-order valence-corrected chi connectivity index (χ3v) is 4.53. The van der Waals surface area contributed by atoms with E-state index in [-0.39, 0.29) is 11.9 Å². The summed E-state index contributed by atoms with van der Waals surface area (Å²) in [4.78, 5) is 8.51. The number of aromatic nitrogens is 2. The van der Waals surface area contributed by atoms with Crippen molar-refractivity contribution in [1.29, 1.82) is 0 Å². The number of hydrogen-bond donors (Lipinski definition) is 0. The van der Waals surface area contributed by atoms with E-state index < -0.39 is 5.79 Å². The summed E-state index contributed by atoms with van der Waals surface area (Å²) in [5, 5.41) is 0.797. The van der Waals surface area contributed by atoms with Crippen molar-refractivity contribution in [2.45, 2.75) is 36.6 Å². The lowest BCUT2D eigenvalue weighted by Gasteiger charge is -2.17. The van der Waals surface area contributed by atoms with Gasteiger partial charge in [-0.1, -0.05) is 35.5 Å². The molecule has 1 aliphatic heterocycles. The molecule has 0 N–H and O–H groups in total. The van der Waals surface area contributed by atoms with Crippen LogP contribution in [0.2, 0.25) is 5.15 Å². The van der Waals surface area contributed by atoms with Crippen molar-refractivity contribution in [2.24, 2.45) is 0 Å². The van der Waals surface area contributed by atoms with Gasteiger partial charge < -0.3 is 14.2 Å². The smallest absolute Gasteiger partial charge is 0.218 e. The summed E-state index contributed by atoms with van der Waals surface area (Å²) >= 11 is 7.44. The summed E-state index contributed by atoms with van der Waals surface area (Å²) < 4.78 is 29.8. The van der Waals surface area contributed by atoms with Crippen LogP contribution in [0.15, 0.2) is 35.5 Å². The summed E-state index contributed by atoms with van der Waals surface area (Å²) in [6.45, 7) is 4.51. The average molecular weight is 385 g/mol. The maximum absolute atomic E-state index is 12.9. The Hall–Kier alpha value is -1.41. The Balaban J connectivity index is 1.57. The van der Waals surface area contributed by atoms with Crippen molar-refractivity contribution in [3.05, 3.63) is 46.9 Å². The molecule has 0 spiro atoms. The summed E-state index contributed by atoms with van der Waals surface area (Å²) in [6, 6.07) is 7.86. The van der Waals surface area contributed by atoms with E-state index in [0.29, 0.717) is 35.2 Å². The Morgan fingerprint density at radius 2 is 2.08 bits per heavy atom. The molecule has 1 aliphatic rings. The molecule has 0 amide bonds. The monoisotopic (exact) mass is 384 g/mol. The minimum atomic E-state index is -0.590. The van der Waals surface area contributed by atoms with Gasteiger partial charge in [0.25, 0.3) is 0 Å². The fraction of sp³-hybridized carbons (Fsp3) is 0.412. The Morgan fingerprint density at radius 3 is 2.76 bits per heavy atom. The first kappa shape index (κ1) is 18.4. The van der Waals surface area contributed by atoms with Gasteiger partial charge in [-0.05, 0) is 31.5 Å². The Morgan fingerprint density at radius 1 is 1.32 bits per heavy atom. The van der Waals surface area contributed by atoms with Crippen LogP contribution in [0.25, 0.3) is 0 Å². The van der Waals surface area contributed by atoms with Gasteiger partial charge in [0.1, 0.15) is 23.7 Å². The molecule has 0 bridgehead atoms. The largest absolute Gasteiger partial charge is 0.475 e. The fourth-order valence-corrected chi connectivity index (χ4v) is 3.30. The van der Waals surface area contributed by atoms with E-state index in [1.807, 2.05) is 13.8 Å². The SMILES string of the molecule is CC1(C)OCC(COc2cc(Cl)nc(SCc3ccc(F)cc3)n2)O1. The van der Waals surface area contributed by atoms with Gasteiger partial charge in [-0.2, -0.15) is 4.98 Å². The second-order valence-corrected chi connectivity index (χ2v) is 7.32. The second kappa shape index (κ2) is 7.86. The van der Waals surface area contributed by atoms with E-state index in [0.717, 1.165) is 5.56 Å². The van der Waals surface area contributed by atoms with Crippen molar-refractivity contribution < 1.29 is 18.6 Å². The molecule has 0 radical (unpaired) electrons. The van der Waals surface area contributed by atoms with Crippen molar-refractivity contribution in [2.75, 3.05) is 13.2 Å². The average Bonchev–Trinajstić information content (AvgIpc) is 2.91. The fourth-order valence-electron chi connectivity index (χ4n) is 2.27. The predicted molar refractivity (Wildman–Crippen MR) is 93.4 cm³/mol. The lowest BCUT2D eigenvalue weighted by molar-refractivity contribution is -0.141. The zero-order chi connectivity index (χ0) is 17.9. The molecule has 3 rings (SSSR count). The first-order valence-electron chi connectivity index (χ1n) is 7.76. The van der Waals surface area contributed by atoms with Crippen LogP contribution in [0.1, 0.15) is 19.4 Å². The van der Waals surface area contributed by atoms with E-state index in [1.165, 1.54) is 23.9 Å².